The van der Waals surface area contributed by atoms with Crippen LogP contribution in [0.25, 0.3) is 22.4 Å². The molecule has 0 saturated carbocycles. The van der Waals surface area contributed by atoms with Crippen LogP contribution < -0.4 is 10.0 Å². The number of nitrogens with one attached hydrogen (secondary N) is 3. The number of amides is 1. The number of imidazole rings is 1. The van der Waals surface area contributed by atoms with E-state index in [9.17, 15) is 18.3 Å². The number of hydrogen-bond donors (Lipinski definition) is 4. The summed E-state index contributed by atoms with van der Waals surface area (Å²) >= 11 is 0. The first-order chi connectivity index (χ1) is 15.9. The van der Waals surface area contributed by atoms with Gasteiger partial charge in [-0.2, -0.15) is 0 Å². The maximum atomic E-state index is 13.0. The minimum atomic E-state index is -3.21. The number of benzene rings is 3. The number of fused-ring (bicyclic) bond motifs is 1. The number of nitrogens with zero attached hydrogens (tertiary/aromatic N) is 1. The summed E-state index contributed by atoms with van der Waals surface area (Å²) in [6, 6.07) is 19.7. The third-order valence-corrected chi connectivity index (χ3v) is 6.65. The van der Waals surface area contributed by atoms with Crippen molar-refractivity contribution in [3.05, 3.63) is 77.9 Å². The van der Waals surface area contributed by atoms with E-state index in [1.54, 1.807) is 19.1 Å². The van der Waals surface area contributed by atoms with Crippen LogP contribution in [0.3, 0.4) is 0 Å². The number of aromatic hydroxyl groups is 1. The Hall–Kier alpha value is -3.69. The maximum absolute atomic E-state index is 13.0. The van der Waals surface area contributed by atoms with Gasteiger partial charge in [-0.15, -0.1) is 0 Å². The molecule has 0 bridgehead atoms. The third-order valence-electron chi connectivity index (χ3n) is 5.24. The Kier molecular flexibility index (Phi) is 6.43. The van der Waals surface area contributed by atoms with E-state index < -0.39 is 10.0 Å². The summed E-state index contributed by atoms with van der Waals surface area (Å²) < 4.78 is 25.6. The Balaban J connectivity index is 1.50. The highest BCUT2D eigenvalue weighted by atomic mass is 32.2. The van der Waals surface area contributed by atoms with Gasteiger partial charge in [0.05, 0.1) is 11.3 Å². The summed E-state index contributed by atoms with van der Waals surface area (Å²) in [5.74, 6) is 0.267. The predicted octanol–water partition coefficient (Wildman–Crippen LogP) is 3.67. The minimum absolute atomic E-state index is 0.0132. The van der Waals surface area contributed by atoms with E-state index >= 15 is 0 Å². The Morgan fingerprint density at radius 3 is 2.45 bits per heavy atom. The minimum Gasteiger partial charge on any atom is -0.506 e. The number of carbonyl (C=O) groups is 1. The van der Waals surface area contributed by atoms with Crippen LogP contribution in [-0.4, -0.2) is 41.7 Å². The van der Waals surface area contributed by atoms with Crippen molar-refractivity contribution in [2.45, 2.75) is 13.3 Å². The lowest BCUT2D eigenvalue weighted by Crippen LogP contribution is -2.27. The van der Waals surface area contributed by atoms with E-state index in [-0.39, 0.29) is 17.4 Å². The summed E-state index contributed by atoms with van der Waals surface area (Å²) in [5.41, 5.74) is 3.49. The molecule has 4 aromatic rings. The lowest BCUT2D eigenvalue weighted by molar-refractivity contribution is 0.102. The lowest BCUT2D eigenvalue weighted by atomic mass is 10.1. The highest BCUT2D eigenvalue weighted by Crippen LogP contribution is 2.29. The third kappa shape index (κ3) is 5.21. The van der Waals surface area contributed by atoms with Crippen molar-refractivity contribution in [2.75, 3.05) is 17.6 Å². The number of sulfonamides is 1. The number of anilines is 1. The first-order valence-corrected chi connectivity index (χ1v) is 12.2. The summed E-state index contributed by atoms with van der Waals surface area (Å²) in [7, 11) is -3.21. The van der Waals surface area contributed by atoms with Crippen LogP contribution in [-0.2, 0) is 16.4 Å². The van der Waals surface area contributed by atoms with Gasteiger partial charge in [0.2, 0.25) is 10.0 Å². The molecule has 0 radical (unpaired) electrons. The molecule has 0 atom stereocenters. The van der Waals surface area contributed by atoms with Gasteiger partial charge in [0.1, 0.15) is 22.6 Å². The quantitative estimate of drug-likeness (QED) is 0.317. The SMILES string of the molecule is CCS(=O)(=O)NCCc1ccc(NC(=O)c2ccc(O)c3[nH]c(-c4ccccc4)nc23)cc1. The van der Waals surface area contributed by atoms with Crippen molar-refractivity contribution in [1.29, 1.82) is 0 Å². The normalized spacial score (nSPS) is 11.5. The maximum Gasteiger partial charge on any atom is 0.257 e. The fraction of sp³-hybridized carbons (Fsp3) is 0.167. The van der Waals surface area contributed by atoms with Crippen LogP contribution in [0.15, 0.2) is 66.7 Å². The number of carbonyl (C=O) groups excluding carboxylic acids is 1. The molecule has 170 valence electrons. The smallest absolute Gasteiger partial charge is 0.257 e. The van der Waals surface area contributed by atoms with Gasteiger partial charge in [0, 0.05) is 17.8 Å². The van der Waals surface area contributed by atoms with Crippen molar-refractivity contribution >= 4 is 32.7 Å². The van der Waals surface area contributed by atoms with Crippen molar-refractivity contribution in [2.24, 2.45) is 0 Å². The van der Waals surface area contributed by atoms with Gasteiger partial charge in [-0.3, -0.25) is 4.79 Å². The summed E-state index contributed by atoms with van der Waals surface area (Å²) in [6.45, 7) is 1.91. The first-order valence-electron chi connectivity index (χ1n) is 10.5. The molecule has 1 heterocycles. The topological polar surface area (TPSA) is 124 Å². The van der Waals surface area contributed by atoms with Crippen LogP contribution in [0.2, 0.25) is 0 Å². The first kappa shape index (κ1) is 22.5. The molecule has 0 saturated heterocycles. The number of phenols is 1. The molecule has 3 aromatic carbocycles. The highest BCUT2D eigenvalue weighted by molar-refractivity contribution is 7.89. The molecule has 0 aliphatic heterocycles. The molecule has 0 unspecified atom stereocenters. The van der Waals surface area contributed by atoms with E-state index in [2.05, 4.69) is 20.0 Å². The lowest BCUT2D eigenvalue weighted by Gasteiger charge is -2.08. The van der Waals surface area contributed by atoms with E-state index in [1.807, 2.05) is 42.5 Å². The van der Waals surface area contributed by atoms with Gasteiger partial charge in [0.15, 0.2) is 0 Å². The van der Waals surface area contributed by atoms with Gasteiger partial charge in [-0.1, -0.05) is 42.5 Å². The van der Waals surface area contributed by atoms with Gasteiger partial charge in [0.25, 0.3) is 5.91 Å². The largest absolute Gasteiger partial charge is 0.506 e. The number of H-pyrrole nitrogens is 1. The second-order valence-corrected chi connectivity index (χ2v) is 9.60. The van der Waals surface area contributed by atoms with Crippen LogP contribution >= 0.6 is 0 Å². The molecular formula is C24H24N4O4S. The van der Waals surface area contributed by atoms with E-state index in [0.717, 1.165) is 11.1 Å². The van der Waals surface area contributed by atoms with Crippen molar-refractivity contribution in [3.63, 3.8) is 0 Å². The highest BCUT2D eigenvalue weighted by Gasteiger charge is 2.17. The number of rotatable bonds is 8. The van der Waals surface area contributed by atoms with Crippen LogP contribution in [0.5, 0.6) is 5.75 Å². The van der Waals surface area contributed by atoms with Crippen LogP contribution in [0, 0.1) is 0 Å². The van der Waals surface area contributed by atoms with Gasteiger partial charge in [-0.05, 0) is 43.2 Å². The zero-order valence-electron chi connectivity index (χ0n) is 18.0. The molecule has 4 rings (SSSR count). The van der Waals surface area contributed by atoms with Crippen molar-refractivity contribution in [3.8, 4) is 17.1 Å². The summed E-state index contributed by atoms with van der Waals surface area (Å²) in [5, 5.41) is 13.1. The second kappa shape index (κ2) is 9.43. The number of aromatic amines is 1. The Labute approximate surface area is 191 Å². The average molecular weight is 465 g/mol. The standard InChI is InChI=1S/C24H24N4O4S/c1-2-33(31,32)25-15-14-16-8-10-18(11-9-16)26-24(30)19-12-13-20(29)22-21(19)27-23(28-22)17-6-4-3-5-7-17/h3-13,25,29H,2,14-15H2,1H3,(H,26,30)(H,27,28). The summed E-state index contributed by atoms with van der Waals surface area (Å²) in [4.78, 5) is 20.6. The molecule has 8 nitrogen and oxygen atoms in total. The summed E-state index contributed by atoms with van der Waals surface area (Å²) in [6.07, 6.45) is 0.543. The van der Waals surface area contributed by atoms with Gasteiger partial charge < -0.3 is 15.4 Å². The molecule has 33 heavy (non-hydrogen) atoms. The van der Waals surface area contributed by atoms with E-state index in [1.165, 1.54) is 12.1 Å². The second-order valence-electron chi connectivity index (χ2n) is 7.51. The molecule has 0 fully saturated rings. The fourth-order valence-corrected chi connectivity index (χ4v) is 4.02. The zero-order chi connectivity index (χ0) is 23.4. The number of aromatic nitrogens is 2. The van der Waals surface area contributed by atoms with Crippen LogP contribution in [0.4, 0.5) is 5.69 Å². The van der Waals surface area contributed by atoms with Crippen molar-refractivity contribution in [1.82, 2.24) is 14.7 Å². The fourth-order valence-electron chi connectivity index (χ4n) is 3.40. The van der Waals surface area contributed by atoms with Gasteiger partial charge in [-0.25, -0.2) is 18.1 Å². The molecule has 9 heteroatoms. The Bertz CT molecular complexity index is 1380. The molecule has 0 aliphatic rings. The van der Waals surface area contributed by atoms with Crippen molar-refractivity contribution < 1.29 is 18.3 Å². The van der Waals surface area contributed by atoms with Gasteiger partial charge >= 0.3 is 0 Å². The monoisotopic (exact) mass is 464 g/mol. The molecule has 1 aromatic heterocycles. The Morgan fingerprint density at radius 1 is 1.03 bits per heavy atom. The molecule has 1 amide bonds. The number of phenolic OH excluding ortho intramolecular Hbond substituents is 1. The molecule has 0 spiro atoms. The van der Waals surface area contributed by atoms with E-state index in [4.69, 9.17) is 0 Å². The average Bonchev–Trinajstić information content (AvgIpc) is 3.27. The van der Waals surface area contributed by atoms with Crippen LogP contribution in [0.1, 0.15) is 22.8 Å². The zero-order valence-corrected chi connectivity index (χ0v) is 18.8. The van der Waals surface area contributed by atoms with E-state index in [0.29, 0.717) is 41.1 Å². The molecule has 0 aliphatic carbocycles. The predicted molar refractivity (Wildman–Crippen MR) is 129 cm³/mol. The molecular weight excluding hydrogens is 440 g/mol. The Morgan fingerprint density at radius 2 is 1.76 bits per heavy atom. The molecule has 4 N–H and O–H groups in total. The number of hydrogen-bond acceptors (Lipinski definition) is 5.